The molecule has 1 aromatic heterocycles. The average molecular weight is 444 g/mol. The van der Waals surface area contributed by atoms with Crippen molar-refractivity contribution in [2.24, 2.45) is 0 Å². The molecule has 0 bridgehead atoms. The van der Waals surface area contributed by atoms with Crippen LogP contribution in [0.5, 0.6) is 0 Å². The lowest BCUT2D eigenvalue weighted by atomic mass is 10.0. The first-order valence-electron chi connectivity index (χ1n) is 9.71. The SMILES string of the molecule is COC(=O)CC(NC(=O)Cc1c(C)nn(-c2ccc(F)cc2)c1C)c1ccc(Cl)cc1. The van der Waals surface area contributed by atoms with E-state index < -0.39 is 12.0 Å². The van der Waals surface area contributed by atoms with Crippen molar-refractivity contribution in [3.05, 3.63) is 81.9 Å². The maximum absolute atomic E-state index is 13.2. The highest BCUT2D eigenvalue weighted by Gasteiger charge is 2.21. The summed E-state index contributed by atoms with van der Waals surface area (Å²) >= 11 is 5.95. The van der Waals surface area contributed by atoms with Gasteiger partial charge in [-0.2, -0.15) is 5.10 Å². The molecule has 8 heteroatoms. The van der Waals surface area contributed by atoms with E-state index in [2.05, 4.69) is 10.4 Å². The number of hydrogen-bond acceptors (Lipinski definition) is 4. The molecule has 162 valence electrons. The minimum Gasteiger partial charge on any atom is -0.469 e. The molecule has 0 spiro atoms. The van der Waals surface area contributed by atoms with Crippen molar-refractivity contribution in [3.8, 4) is 5.69 Å². The second-order valence-electron chi connectivity index (χ2n) is 7.17. The van der Waals surface area contributed by atoms with Crippen molar-refractivity contribution in [1.82, 2.24) is 15.1 Å². The number of rotatable bonds is 7. The van der Waals surface area contributed by atoms with E-state index in [1.807, 2.05) is 13.8 Å². The van der Waals surface area contributed by atoms with Gasteiger partial charge in [0, 0.05) is 16.3 Å². The molecular weight excluding hydrogens is 421 g/mol. The average Bonchev–Trinajstić information content (AvgIpc) is 3.02. The summed E-state index contributed by atoms with van der Waals surface area (Å²) in [6, 6.07) is 12.4. The Bertz CT molecular complexity index is 1080. The molecule has 0 aliphatic rings. The summed E-state index contributed by atoms with van der Waals surface area (Å²) in [5.41, 5.74) is 3.72. The van der Waals surface area contributed by atoms with E-state index in [-0.39, 0.29) is 24.6 Å². The monoisotopic (exact) mass is 443 g/mol. The lowest BCUT2D eigenvalue weighted by Crippen LogP contribution is -2.31. The maximum atomic E-state index is 13.2. The number of methoxy groups -OCH3 is 1. The van der Waals surface area contributed by atoms with E-state index in [0.29, 0.717) is 16.4 Å². The number of halogens is 2. The standard InChI is InChI=1S/C23H23ClFN3O3/c1-14-20(15(2)28(27-14)19-10-8-18(25)9-11-19)12-22(29)26-21(13-23(30)31-3)16-4-6-17(24)7-5-16/h4-11,21H,12-13H2,1-3H3,(H,26,29). The molecule has 0 fully saturated rings. The molecule has 1 atom stereocenters. The van der Waals surface area contributed by atoms with Crippen LogP contribution >= 0.6 is 11.6 Å². The largest absolute Gasteiger partial charge is 0.469 e. The summed E-state index contributed by atoms with van der Waals surface area (Å²) in [6.07, 6.45) is 0.0841. The van der Waals surface area contributed by atoms with Crippen molar-refractivity contribution in [2.75, 3.05) is 7.11 Å². The highest BCUT2D eigenvalue weighted by molar-refractivity contribution is 6.30. The Morgan fingerprint density at radius 1 is 1.13 bits per heavy atom. The van der Waals surface area contributed by atoms with Crippen LogP contribution in [-0.4, -0.2) is 28.8 Å². The Labute approximate surface area is 185 Å². The predicted molar refractivity (Wildman–Crippen MR) is 116 cm³/mol. The van der Waals surface area contributed by atoms with Gasteiger partial charge < -0.3 is 10.1 Å². The van der Waals surface area contributed by atoms with Gasteiger partial charge >= 0.3 is 5.97 Å². The third-order valence-corrected chi connectivity index (χ3v) is 5.31. The Balaban J connectivity index is 1.80. The number of ether oxygens (including phenoxy) is 1. The number of benzene rings is 2. The van der Waals surface area contributed by atoms with Crippen molar-refractivity contribution in [1.29, 1.82) is 0 Å². The molecule has 0 saturated heterocycles. The molecule has 1 N–H and O–H groups in total. The van der Waals surface area contributed by atoms with Crippen LogP contribution in [0.4, 0.5) is 4.39 Å². The molecule has 3 aromatic rings. The minimum absolute atomic E-state index is 0.00330. The number of nitrogens with zero attached hydrogens (tertiary/aromatic N) is 2. The summed E-state index contributed by atoms with van der Waals surface area (Å²) in [6.45, 7) is 3.68. The van der Waals surface area contributed by atoms with E-state index in [0.717, 1.165) is 16.8 Å². The van der Waals surface area contributed by atoms with Crippen LogP contribution in [0, 0.1) is 19.7 Å². The van der Waals surface area contributed by atoms with Gasteiger partial charge in [-0.05, 0) is 55.8 Å². The van der Waals surface area contributed by atoms with Crippen LogP contribution in [0.2, 0.25) is 5.02 Å². The van der Waals surface area contributed by atoms with Gasteiger partial charge in [0.2, 0.25) is 5.91 Å². The van der Waals surface area contributed by atoms with Crippen LogP contribution in [0.15, 0.2) is 48.5 Å². The third kappa shape index (κ3) is 5.49. The van der Waals surface area contributed by atoms with Crippen molar-refractivity contribution < 1.29 is 18.7 Å². The fraction of sp³-hybridized carbons (Fsp3) is 0.261. The maximum Gasteiger partial charge on any atom is 0.307 e. The van der Waals surface area contributed by atoms with Crippen LogP contribution in [0.1, 0.15) is 35.0 Å². The molecule has 3 rings (SSSR count). The molecule has 1 unspecified atom stereocenters. The van der Waals surface area contributed by atoms with Gasteiger partial charge in [-0.3, -0.25) is 9.59 Å². The van der Waals surface area contributed by atoms with Gasteiger partial charge in [0.25, 0.3) is 0 Å². The fourth-order valence-electron chi connectivity index (χ4n) is 3.37. The van der Waals surface area contributed by atoms with Gasteiger partial charge in [-0.1, -0.05) is 23.7 Å². The van der Waals surface area contributed by atoms with Crippen molar-refractivity contribution >= 4 is 23.5 Å². The predicted octanol–water partition coefficient (Wildman–Crippen LogP) is 4.24. The minimum atomic E-state index is -0.551. The van der Waals surface area contributed by atoms with Crippen LogP contribution in [-0.2, 0) is 20.7 Å². The summed E-state index contributed by atoms with van der Waals surface area (Å²) in [5, 5.41) is 7.97. The van der Waals surface area contributed by atoms with Gasteiger partial charge in [-0.25, -0.2) is 9.07 Å². The number of nitrogens with one attached hydrogen (secondary N) is 1. The molecule has 2 aromatic carbocycles. The van der Waals surface area contributed by atoms with Crippen molar-refractivity contribution in [2.45, 2.75) is 32.7 Å². The first-order valence-corrected chi connectivity index (χ1v) is 10.1. The van der Waals surface area contributed by atoms with Gasteiger partial charge in [0.15, 0.2) is 0 Å². The van der Waals surface area contributed by atoms with Gasteiger partial charge in [-0.15, -0.1) is 0 Å². The Morgan fingerprint density at radius 3 is 2.39 bits per heavy atom. The fourth-order valence-corrected chi connectivity index (χ4v) is 3.49. The lowest BCUT2D eigenvalue weighted by Gasteiger charge is -2.18. The number of amides is 1. The van der Waals surface area contributed by atoms with E-state index in [9.17, 15) is 14.0 Å². The zero-order valence-electron chi connectivity index (χ0n) is 17.5. The molecule has 6 nitrogen and oxygen atoms in total. The summed E-state index contributed by atoms with van der Waals surface area (Å²) in [5.74, 6) is -1.02. The number of hydrogen-bond donors (Lipinski definition) is 1. The van der Waals surface area contributed by atoms with Crippen LogP contribution in [0.25, 0.3) is 5.69 Å². The van der Waals surface area contributed by atoms with E-state index in [1.54, 1.807) is 41.1 Å². The number of aryl methyl sites for hydroxylation is 1. The smallest absolute Gasteiger partial charge is 0.307 e. The quantitative estimate of drug-likeness (QED) is 0.554. The first kappa shape index (κ1) is 22.5. The number of carbonyl (C=O) groups is 2. The van der Waals surface area contributed by atoms with E-state index >= 15 is 0 Å². The second kappa shape index (κ2) is 9.75. The zero-order chi connectivity index (χ0) is 22.5. The van der Waals surface area contributed by atoms with E-state index in [4.69, 9.17) is 16.3 Å². The molecule has 1 heterocycles. The molecule has 0 aliphatic heterocycles. The third-order valence-electron chi connectivity index (χ3n) is 5.06. The molecule has 0 saturated carbocycles. The lowest BCUT2D eigenvalue weighted by molar-refractivity contribution is -0.141. The Morgan fingerprint density at radius 2 is 1.77 bits per heavy atom. The van der Waals surface area contributed by atoms with Crippen molar-refractivity contribution in [3.63, 3.8) is 0 Å². The topological polar surface area (TPSA) is 73.2 Å². The van der Waals surface area contributed by atoms with Gasteiger partial charge in [0.05, 0.1) is 37.4 Å². The molecular formula is C23H23ClFN3O3. The molecule has 0 aliphatic carbocycles. The second-order valence-corrected chi connectivity index (χ2v) is 7.60. The zero-order valence-corrected chi connectivity index (χ0v) is 18.2. The normalized spacial score (nSPS) is 11.8. The summed E-state index contributed by atoms with van der Waals surface area (Å²) in [4.78, 5) is 24.7. The Kier molecular flexibility index (Phi) is 7.07. The number of esters is 1. The molecule has 0 radical (unpaired) electrons. The van der Waals surface area contributed by atoms with E-state index in [1.165, 1.54) is 19.2 Å². The summed E-state index contributed by atoms with van der Waals surface area (Å²) in [7, 11) is 1.31. The Hall–Kier alpha value is -3.19. The number of aromatic nitrogens is 2. The molecule has 1 amide bonds. The first-order chi connectivity index (χ1) is 14.8. The number of carbonyl (C=O) groups excluding carboxylic acids is 2. The van der Waals surface area contributed by atoms with Gasteiger partial charge in [0.1, 0.15) is 5.82 Å². The van der Waals surface area contributed by atoms with Crippen LogP contribution < -0.4 is 5.32 Å². The summed E-state index contributed by atoms with van der Waals surface area (Å²) < 4.78 is 19.7. The van der Waals surface area contributed by atoms with Crippen LogP contribution in [0.3, 0.4) is 0 Å². The highest BCUT2D eigenvalue weighted by Crippen LogP contribution is 2.22. The highest BCUT2D eigenvalue weighted by atomic mass is 35.5. The molecule has 31 heavy (non-hydrogen) atoms.